The third-order valence-corrected chi connectivity index (χ3v) is 4.16. The van der Waals surface area contributed by atoms with Gasteiger partial charge in [-0.1, -0.05) is 0 Å². The van der Waals surface area contributed by atoms with Crippen molar-refractivity contribution < 1.29 is 4.92 Å². The van der Waals surface area contributed by atoms with Crippen molar-refractivity contribution in [2.45, 2.75) is 12.8 Å². The van der Waals surface area contributed by atoms with Gasteiger partial charge in [0.15, 0.2) is 0 Å². The highest BCUT2D eigenvalue weighted by Gasteiger charge is 2.26. The molecule has 0 unspecified atom stereocenters. The molecular weight excluding hydrogens is 256 g/mol. The Morgan fingerprint density at radius 3 is 2.50 bits per heavy atom. The number of hydrogen-bond acceptors (Lipinski definition) is 5. The van der Waals surface area contributed by atoms with Crippen molar-refractivity contribution in [3.05, 3.63) is 28.3 Å². The van der Waals surface area contributed by atoms with Crippen LogP contribution in [0.4, 0.5) is 17.1 Å². The summed E-state index contributed by atoms with van der Waals surface area (Å²) < 4.78 is 0. The van der Waals surface area contributed by atoms with E-state index in [1.54, 1.807) is 12.1 Å². The second-order valence-corrected chi connectivity index (χ2v) is 5.73. The molecule has 20 heavy (non-hydrogen) atoms. The largest absolute Gasteiger partial charge is 0.393 e. The number of hydrogen-bond donors (Lipinski definition) is 1. The topological polar surface area (TPSA) is 75.6 Å². The first-order chi connectivity index (χ1) is 9.63. The minimum atomic E-state index is -0.438. The van der Waals surface area contributed by atoms with E-state index in [0.29, 0.717) is 0 Å². The van der Waals surface area contributed by atoms with Crippen molar-refractivity contribution in [1.82, 2.24) is 4.90 Å². The lowest BCUT2D eigenvalue weighted by molar-refractivity contribution is -0.383. The van der Waals surface area contributed by atoms with Crippen LogP contribution in [0, 0.1) is 16.0 Å². The first kappa shape index (κ1) is 13.2. The Morgan fingerprint density at radius 1 is 1.25 bits per heavy atom. The second-order valence-electron chi connectivity index (χ2n) is 5.73. The van der Waals surface area contributed by atoms with Gasteiger partial charge in [0.25, 0.3) is 5.69 Å². The SMILES string of the molecule is Nc1cc(N2CCN(CC3CC3)CC2)ccc1[N+](=O)[O-]. The number of nitro groups is 1. The molecule has 0 bridgehead atoms. The van der Waals surface area contributed by atoms with Gasteiger partial charge in [0.05, 0.1) is 4.92 Å². The van der Waals surface area contributed by atoms with E-state index in [9.17, 15) is 10.1 Å². The lowest BCUT2D eigenvalue weighted by Crippen LogP contribution is -2.47. The number of nitrogen functional groups attached to an aromatic ring is 1. The molecule has 0 amide bonds. The number of rotatable bonds is 4. The summed E-state index contributed by atoms with van der Waals surface area (Å²) in [4.78, 5) is 15.1. The highest BCUT2D eigenvalue weighted by molar-refractivity contribution is 5.66. The Kier molecular flexibility index (Phi) is 3.48. The zero-order valence-electron chi connectivity index (χ0n) is 11.5. The van der Waals surface area contributed by atoms with Gasteiger partial charge >= 0.3 is 0 Å². The van der Waals surface area contributed by atoms with Crippen LogP contribution in [0.5, 0.6) is 0 Å². The van der Waals surface area contributed by atoms with E-state index in [2.05, 4.69) is 9.80 Å². The van der Waals surface area contributed by atoms with E-state index >= 15 is 0 Å². The van der Waals surface area contributed by atoms with Gasteiger partial charge < -0.3 is 10.6 Å². The third kappa shape index (κ3) is 2.85. The van der Waals surface area contributed by atoms with E-state index in [4.69, 9.17) is 5.73 Å². The molecule has 3 rings (SSSR count). The lowest BCUT2D eigenvalue weighted by Gasteiger charge is -2.36. The molecule has 6 nitrogen and oxygen atoms in total. The van der Waals surface area contributed by atoms with Crippen LogP contribution in [0.25, 0.3) is 0 Å². The highest BCUT2D eigenvalue weighted by atomic mass is 16.6. The van der Waals surface area contributed by atoms with Crippen LogP contribution in [0.1, 0.15) is 12.8 Å². The third-order valence-electron chi connectivity index (χ3n) is 4.16. The summed E-state index contributed by atoms with van der Waals surface area (Å²) in [5.41, 5.74) is 6.97. The molecule has 2 aliphatic rings. The Labute approximate surface area is 118 Å². The van der Waals surface area contributed by atoms with Crippen LogP contribution >= 0.6 is 0 Å². The molecule has 108 valence electrons. The molecule has 0 spiro atoms. The van der Waals surface area contributed by atoms with E-state index in [0.717, 1.165) is 37.8 Å². The van der Waals surface area contributed by atoms with Gasteiger partial charge in [-0.05, 0) is 30.9 Å². The average Bonchev–Trinajstić information content (AvgIpc) is 3.23. The fourth-order valence-electron chi connectivity index (χ4n) is 2.76. The molecule has 1 saturated heterocycles. The van der Waals surface area contributed by atoms with E-state index < -0.39 is 4.92 Å². The maximum Gasteiger partial charge on any atom is 0.292 e. The predicted octanol–water partition coefficient (Wildman–Crippen LogP) is 1.71. The predicted molar refractivity (Wildman–Crippen MR) is 78.9 cm³/mol. The van der Waals surface area contributed by atoms with Crippen LogP contribution in [0.3, 0.4) is 0 Å². The summed E-state index contributed by atoms with van der Waals surface area (Å²) in [6, 6.07) is 5.01. The molecular formula is C14H20N4O2. The molecule has 0 aromatic heterocycles. The molecule has 6 heteroatoms. The van der Waals surface area contributed by atoms with Crippen molar-refractivity contribution in [3.63, 3.8) is 0 Å². The summed E-state index contributed by atoms with van der Waals surface area (Å²) in [6.45, 7) is 5.28. The van der Waals surface area contributed by atoms with E-state index in [1.807, 2.05) is 0 Å². The fourth-order valence-corrected chi connectivity index (χ4v) is 2.76. The van der Waals surface area contributed by atoms with Crippen LogP contribution in [-0.2, 0) is 0 Å². The van der Waals surface area contributed by atoms with Gasteiger partial charge in [-0.3, -0.25) is 15.0 Å². The summed E-state index contributed by atoms with van der Waals surface area (Å²) >= 11 is 0. The van der Waals surface area contributed by atoms with Gasteiger partial charge in [0.2, 0.25) is 0 Å². The minimum absolute atomic E-state index is 0.0129. The van der Waals surface area contributed by atoms with Crippen molar-refractivity contribution >= 4 is 17.1 Å². The van der Waals surface area contributed by atoms with E-state index in [-0.39, 0.29) is 11.4 Å². The second kappa shape index (κ2) is 5.28. The van der Waals surface area contributed by atoms with Crippen molar-refractivity contribution in [3.8, 4) is 0 Å². The Balaban J connectivity index is 1.62. The molecule has 2 N–H and O–H groups in total. The number of nitrogens with zero attached hydrogens (tertiary/aromatic N) is 3. The number of nitro benzene ring substituents is 1. The van der Waals surface area contributed by atoms with Gasteiger partial charge in [-0.15, -0.1) is 0 Å². The maximum absolute atomic E-state index is 10.8. The van der Waals surface area contributed by atoms with Crippen molar-refractivity contribution in [2.75, 3.05) is 43.4 Å². The van der Waals surface area contributed by atoms with Gasteiger partial charge in [-0.25, -0.2) is 0 Å². The molecule has 1 aliphatic heterocycles. The average molecular weight is 276 g/mol. The van der Waals surface area contributed by atoms with Crippen LogP contribution in [-0.4, -0.2) is 42.5 Å². The molecule has 0 radical (unpaired) electrons. The normalized spacial score (nSPS) is 20.1. The summed E-state index contributed by atoms with van der Waals surface area (Å²) in [5.74, 6) is 0.927. The Hall–Kier alpha value is -1.82. The van der Waals surface area contributed by atoms with Gasteiger partial charge in [0.1, 0.15) is 5.69 Å². The smallest absolute Gasteiger partial charge is 0.292 e. The van der Waals surface area contributed by atoms with Crippen LogP contribution < -0.4 is 10.6 Å². The molecule has 1 aromatic carbocycles. The Bertz CT molecular complexity index is 508. The molecule has 0 atom stereocenters. The molecule has 2 fully saturated rings. The number of anilines is 2. The number of piperazine rings is 1. The fraction of sp³-hybridized carbons (Fsp3) is 0.571. The first-order valence-corrected chi connectivity index (χ1v) is 7.14. The molecule has 1 aromatic rings. The monoisotopic (exact) mass is 276 g/mol. The minimum Gasteiger partial charge on any atom is -0.393 e. The van der Waals surface area contributed by atoms with Crippen LogP contribution in [0.15, 0.2) is 18.2 Å². The zero-order valence-corrected chi connectivity index (χ0v) is 11.5. The van der Waals surface area contributed by atoms with Gasteiger partial charge in [-0.2, -0.15) is 0 Å². The molecule has 1 aliphatic carbocycles. The standard InChI is InChI=1S/C14H20N4O2/c15-13-9-12(3-4-14(13)18(19)20)17-7-5-16(6-8-17)10-11-1-2-11/h3-4,9,11H,1-2,5-8,10,15H2. The zero-order chi connectivity index (χ0) is 14.1. The van der Waals surface area contributed by atoms with E-state index in [1.165, 1.54) is 25.5 Å². The molecule has 1 saturated carbocycles. The van der Waals surface area contributed by atoms with Crippen LogP contribution in [0.2, 0.25) is 0 Å². The van der Waals surface area contributed by atoms with Crippen molar-refractivity contribution in [1.29, 1.82) is 0 Å². The molecule has 1 heterocycles. The van der Waals surface area contributed by atoms with Crippen molar-refractivity contribution in [2.24, 2.45) is 5.92 Å². The maximum atomic E-state index is 10.8. The number of nitrogens with two attached hydrogens (primary N) is 1. The quantitative estimate of drug-likeness (QED) is 0.514. The number of benzene rings is 1. The summed E-state index contributed by atoms with van der Waals surface area (Å²) in [5, 5.41) is 10.8. The lowest BCUT2D eigenvalue weighted by atomic mass is 10.2. The summed E-state index contributed by atoms with van der Waals surface area (Å²) in [7, 11) is 0. The first-order valence-electron chi connectivity index (χ1n) is 7.14. The van der Waals surface area contributed by atoms with Gasteiger partial charge in [0, 0.05) is 44.5 Å². The highest BCUT2D eigenvalue weighted by Crippen LogP contribution is 2.31. The summed E-state index contributed by atoms with van der Waals surface area (Å²) in [6.07, 6.45) is 2.78. The Morgan fingerprint density at radius 2 is 1.95 bits per heavy atom.